The summed E-state index contributed by atoms with van der Waals surface area (Å²) in [6.45, 7) is 4.55. The summed E-state index contributed by atoms with van der Waals surface area (Å²) >= 11 is 0. The average molecular weight is 314 g/mol. The molecule has 1 aromatic carbocycles. The van der Waals surface area contributed by atoms with E-state index < -0.39 is 15.8 Å². The third-order valence-corrected chi connectivity index (χ3v) is 6.14. The van der Waals surface area contributed by atoms with Crippen molar-refractivity contribution in [1.29, 1.82) is 0 Å². The van der Waals surface area contributed by atoms with E-state index in [1.807, 2.05) is 0 Å². The Bertz CT molecular complexity index is 616. The second-order valence-corrected chi connectivity index (χ2v) is 7.67. The van der Waals surface area contributed by atoms with Crippen LogP contribution in [0.5, 0.6) is 0 Å². The Kier molecular flexibility index (Phi) is 4.88. The lowest BCUT2D eigenvalue weighted by Crippen LogP contribution is -2.33. The van der Waals surface area contributed by atoms with Gasteiger partial charge in [0, 0.05) is 18.8 Å². The Labute approximate surface area is 126 Å². The molecule has 0 spiro atoms. The van der Waals surface area contributed by atoms with Crippen molar-refractivity contribution in [2.45, 2.75) is 44.4 Å². The van der Waals surface area contributed by atoms with Crippen LogP contribution in [-0.4, -0.2) is 25.8 Å². The molecule has 118 valence electrons. The van der Waals surface area contributed by atoms with Crippen LogP contribution >= 0.6 is 0 Å². The van der Waals surface area contributed by atoms with Gasteiger partial charge < -0.3 is 5.73 Å². The molecular formula is C15H23FN2O2S. The van der Waals surface area contributed by atoms with Crippen LogP contribution in [0.1, 0.15) is 38.2 Å². The minimum atomic E-state index is -3.81. The largest absolute Gasteiger partial charge is 0.399 e. The number of hydrogen-bond donors (Lipinski definition) is 1. The van der Waals surface area contributed by atoms with Gasteiger partial charge in [-0.2, -0.15) is 4.31 Å². The van der Waals surface area contributed by atoms with Gasteiger partial charge in [0.05, 0.1) is 0 Å². The Morgan fingerprint density at radius 3 is 2.71 bits per heavy atom. The first-order valence-electron chi connectivity index (χ1n) is 7.42. The zero-order valence-electron chi connectivity index (χ0n) is 12.6. The molecule has 1 saturated heterocycles. The molecule has 1 atom stereocenters. The molecule has 0 aliphatic carbocycles. The SMILES string of the molecule is CCC1CCCN(S(=O)(=O)c2cc(N)cc(C)c2F)CC1. The number of rotatable bonds is 3. The van der Waals surface area contributed by atoms with Crippen LogP contribution in [0.25, 0.3) is 0 Å². The molecule has 1 aromatic rings. The second kappa shape index (κ2) is 6.32. The maximum atomic E-state index is 14.2. The van der Waals surface area contributed by atoms with E-state index in [9.17, 15) is 12.8 Å². The molecule has 0 aromatic heterocycles. The summed E-state index contributed by atoms with van der Waals surface area (Å²) in [6.07, 6.45) is 3.74. The number of halogens is 1. The van der Waals surface area contributed by atoms with Crippen molar-refractivity contribution in [2.24, 2.45) is 5.92 Å². The highest BCUT2D eigenvalue weighted by Crippen LogP contribution is 2.28. The summed E-state index contributed by atoms with van der Waals surface area (Å²) in [5.74, 6) is -0.141. The number of benzene rings is 1. The van der Waals surface area contributed by atoms with Crippen molar-refractivity contribution in [1.82, 2.24) is 4.31 Å². The maximum absolute atomic E-state index is 14.2. The van der Waals surface area contributed by atoms with Crippen LogP contribution in [-0.2, 0) is 10.0 Å². The summed E-state index contributed by atoms with van der Waals surface area (Å²) in [4.78, 5) is -0.296. The molecule has 0 radical (unpaired) electrons. The molecule has 6 heteroatoms. The molecule has 2 N–H and O–H groups in total. The van der Waals surface area contributed by atoms with Gasteiger partial charge >= 0.3 is 0 Å². The lowest BCUT2D eigenvalue weighted by Gasteiger charge is -2.21. The minimum Gasteiger partial charge on any atom is -0.399 e. The summed E-state index contributed by atoms with van der Waals surface area (Å²) in [5.41, 5.74) is 6.21. The Balaban J connectivity index is 2.34. The van der Waals surface area contributed by atoms with E-state index in [2.05, 4.69) is 6.92 Å². The molecule has 1 fully saturated rings. The van der Waals surface area contributed by atoms with E-state index in [1.165, 1.54) is 23.4 Å². The van der Waals surface area contributed by atoms with Crippen LogP contribution in [0.2, 0.25) is 0 Å². The van der Waals surface area contributed by atoms with Crippen molar-refractivity contribution in [3.8, 4) is 0 Å². The third kappa shape index (κ3) is 3.37. The van der Waals surface area contributed by atoms with Crippen molar-refractivity contribution >= 4 is 15.7 Å². The number of nitrogen functional groups attached to an aromatic ring is 1. The quantitative estimate of drug-likeness (QED) is 0.873. The van der Waals surface area contributed by atoms with Gasteiger partial charge in [-0.1, -0.05) is 13.3 Å². The topological polar surface area (TPSA) is 63.4 Å². The predicted octanol–water partition coefficient (Wildman–Crippen LogP) is 2.92. The summed E-state index contributed by atoms with van der Waals surface area (Å²) in [6, 6.07) is 2.67. The van der Waals surface area contributed by atoms with E-state index in [0.717, 1.165) is 25.7 Å². The Morgan fingerprint density at radius 2 is 2.05 bits per heavy atom. The summed E-state index contributed by atoms with van der Waals surface area (Å²) < 4.78 is 41.0. The third-order valence-electron chi connectivity index (χ3n) is 4.25. The molecule has 1 aliphatic heterocycles. The number of sulfonamides is 1. The number of anilines is 1. The molecule has 2 rings (SSSR count). The van der Waals surface area contributed by atoms with E-state index in [1.54, 1.807) is 0 Å². The van der Waals surface area contributed by atoms with Crippen molar-refractivity contribution in [3.63, 3.8) is 0 Å². The fraction of sp³-hybridized carbons (Fsp3) is 0.600. The van der Waals surface area contributed by atoms with Gasteiger partial charge in [0.15, 0.2) is 0 Å². The van der Waals surface area contributed by atoms with Crippen LogP contribution < -0.4 is 5.73 Å². The standard InChI is InChI=1S/C15H23FN2O2S/c1-3-12-5-4-7-18(8-6-12)21(19,20)14-10-13(17)9-11(2)15(14)16/h9-10,12H,3-8,17H2,1-2H3. The van der Waals surface area contributed by atoms with Crippen LogP contribution in [0, 0.1) is 18.7 Å². The lowest BCUT2D eigenvalue weighted by molar-refractivity contribution is 0.404. The number of nitrogens with zero attached hydrogens (tertiary/aromatic N) is 1. The average Bonchev–Trinajstić information content (AvgIpc) is 2.68. The maximum Gasteiger partial charge on any atom is 0.246 e. The highest BCUT2D eigenvalue weighted by molar-refractivity contribution is 7.89. The molecular weight excluding hydrogens is 291 g/mol. The van der Waals surface area contributed by atoms with Gasteiger partial charge in [-0.05, 0) is 49.8 Å². The molecule has 0 amide bonds. The first-order valence-corrected chi connectivity index (χ1v) is 8.86. The number of aryl methyl sites for hydroxylation is 1. The Hall–Kier alpha value is -1.14. The normalized spacial score (nSPS) is 21.2. The van der Waals surface area contributed by atoms with E-state index >= 15 is 0 Å². The zero-order chi connectivity index (χ0) is 15.6. The van der Waals surface area contributed by atoms with E-state index in [0.29, 0.717) is 19.0 Å². The van der Waals surface area contributed by atoms with Crippen molar-refractivity contribution < 1.29 is 12.8 Å². The lowest BCUT2D eigenvalue weighted by atomic mass is 9.98. The first kappa shape index (κ1) is 16.2. The molecule has 1 aliphatic rings. The van der Waals surface area contributed by atoms with Gasteiger partial charge in [-0.3, -0.25) is 0 Å². The Morgan fingerprint density at radius 1 is 1.33 bits per heavy atom. The summed E-state index contributed by atoms with van der Waals surface area (Å²) in [5, 5.41) is 0. The van der Waals surface area contributed by atoms with Gasteiger partial charge in [0.1, 0.15) is 10.7 Å². The molecule has 0 saturated carbocycles. The van der Waals surface area contributed by atoms with Crippen LogP contribution in [0.3, 0.4) is 0 Å². The van der Waals surface area contributed by atoms with Crippen LogP contribution in [0.4, 0.5) is 10.1 Å². The predicted molar refractivity (Wildman–Crippen MR) is 81.9 cm³/mol. The molecule has 1 heterocycles. The van der Waals surface area contributed by atoms with Crippen LogP contribution in [0.15, 0.2) is 17.0 Å². The van der Waals surface area contributed by atoms with Gasteiger partial charge in [0.2, 0.25) is 10.0 Å². The monoisotopic (exact) mass is 314 g/mol. The summed E-state index contributed by atoms with van der Waals surface area (Å²) in [7, 11) is -3.81. The van der Waals surface area contributed by atoms with E-state index in [-0.39, 0.29) is 16.1 Å². The fourth-order valence-corrected chi connectivity index (χ4v) is 4.54. The van der Waals surface area contributed by atoms with Gasteiger partial charge in [-0.25, -0.2) is 12.8 Å². The highest BCUT2D eigenvalue weighted by Gasteiger charge is 2.30. The second-order valence-electron chi connectivity index (χ2n) is 5.76. The van der Waals surface area contributed by atoms with Gasteiger partial charge in [-0.15, -0.1) is 0 Å². The minimum absolute atomic E-state index is 0.259. The number of hydrogen-bond acceptors (Lipinski definition) is 3. The van der Waals surface area contributed by atoms with Gasteiger partial charge in [0.25, 0.3) is 0 Å². The molecule has 1 unspecified atom stereocenters. The molecule has 4 nitrogen and oxygen atoms in total. The highest BCUT2D eigenvalue weighted by atomic mass is 32.2. The smallest absolute Gasteiger partial charge is 0.246 e. The molecule has 0 bridgehead atoms. The fourth-order valence-electron chi connectivity index (χ4n) is 2.88. The first-order chi connectivity index (χ1) is 9.86. The molecule has 21 heavy (non-hydrogen) atoms. The van der Waals surface area contributed by atoms with Crippen molar-refractivity contribution in [2.75, 3.05) is 18.8 Å². The zero-order valence-corrected chi connectivity index (χ0v) is 13.4. The van der Waals surface area contributed by atoms with Crippen molar-refractivity contribution in [3.05, 3.63) is 23.5 Å². The number of nitrogens with two attached hydrogens (primary N) is 1. The van der Waals surface area contributed by atoms with E-state index in [4.69, 9.17) is 5.73 Å².